The highest BCUT2D eigenvalue weighted by Gasteiger charge is 2.19. The molecule has 5 heteroatoms. The zero-order valence-corrected chi connectivity index (χ0v) is 10.5. The van der Waals surface area contributed by atoms with Crippen LogP contribution in [0.1, 0.15) is 17.9 Å². The molecule has 1 aliphatic rings. The number of aryl methyl sites for hydroxylation is 1. The number of fused-ring (bicyclic) bond motifs is 1. The quantitative estimate of drug-likeness (QED) is 0.850. The van der Waals surface area contributed by atoms with Crippen LogP contribution in [0.3, 0.4) is 0 Å². The van der Waals surface area contributed by atoms with Gasteiger partial charge >= 0.3 is 0 Å². The van der Waals surface area contributed by atoms with Crippen LogP contribution in [-0.2, 0) is 17.8 Å². The number of rotatable bonds is 3. The highest BCUT2D eigenvalue weighted by atomic mass is 16.3. The van der Waals surface area contributed by atoms with Crippen LogP contribution in [0.25, 0.3) is 6.08 Å². The number of hydrogen-bond donors (Lipinski definition) is 1. The van der Waals surface area contributed by atoms with Crippen molar-refractivity contribution in [3.05, 3.63) is 48.2 Å². The zero-order chi connectivity index (χ0) is 13.1. The number of nitrogens with one attached hydrogen (secondary N) is 1. The van der Waals surface area contributed by atoms with Crippen molar-refractivity contribution in [3.8, 4) is 0 Å². The van der Waals surface area contributed by atoms with E-state index in [4.69, 9.17) is 4.42 Å². The molecule has 1 atom stereocenters. The molecule has 0 radical (unpaired) electrons. The molecule has 0 aromatic carbocycles. The number of amides is 1. The average molecular weight is 257 g/mol. The summed E-state index contributed by atoms with van der Waals surface area (Å²) in [5, 5.41) is 7.22. The minimum atomic E-state index is -0.0886. The summed E-state index contributed by atoms with van der Waals surface area (Å²) in [6.07, 6.45) is 8.30. The van der Waals surface area contributed by atoms with E-state index in [1.54, 1.807) is 24.6 Å². The van der Waals surface area contributed by atoms with Crippen LogP contribution in [0, 0.1) is 0 Å². The third-order valence-electron chi connectivity index (χ3n) is 3.24. The van der Waals surface area contributed by atoms with Gasteiger partial charge < -0.3 is 9.73 Å². The zero-order valence-electron chi connectivity index (χ0n) is 10.5. The molecule has 2 aromatic heterocycles. The van der Waals surface area contributed by atoms with Crippen LogP contribution in [0.4, 0.5) is 0 Å². The van der Waals surface area contributed by atoms with E-state index in [1.807, 2.05) is 16.8 Å². The van der Waals surface area contributed by atoms with Gasteiger partial charge in [-0.25, -0.2) is 0 Å². The Morgan fingerprint density at radius 3 is 3.32 bits per heavy atom. The molecule has 0 bridgehead atoms. The molecular formula is C14H15N3O2. The molecule has 3 rings (SSSR count). The van der Waals surface area contributed by atoms with Gasteiger partial charge in [-0.2, -0.15) is 5.10 Å². The van der Waals surface area contributed by atoms with Crippen LogP contribution >= 0.6 is 0 Å². The van der Waals surface area contributed by atoms with E-state index in [2.05, 4.69) is 10.4 Å². The molecule has 0 saturated carbocycles. The Morgan fingerprint density at radius 2 is 2.47 bits per heavy atom. The third-order valence-corrected chi connectivity index (χ3v) is 3.24. The summed E-state index contributed by atoms with van der Waals surface area (Å²) in [7, 11) is 0. The monoisotopic (exact) mass is 257 g/mol. The normalized spacial score (nSPS) is 18.4. The fourth-order valence-corrected chi connectivity index (χ4v) is 2.28. The molecule has 98 valence electrons. The third kappa shape index (κ3) is 2.76. The number of aromatic nitrogens is 2. The van der Waals surface area contributed by atoms with Gasteiger partial charge in [0.05, 0.1) is 6.26 Å². The first-order chi connectivity index (χ1) is 9.31. The molecule has 3 heterocycles. The van der Waals surface area contributed by atoms with Crippen molar-refractivity contribution < 1.29 is 9.21 Å². The summed E-state index contributed by atoms with van der Waals surface area (Å²) in [5.41, 5.74) is 1.17. The minimum absolute atomic E-state index is 0.0886. The topological polar surface area (TPSA) is 60.1 Å². The van der Waals surface area contributed by atoms with E-state index in [1.165, 1.54) is 11.8 Å². The molecule has 1 N–H and O–H groups in total. The Bertz CT molecular complexity index is 584. The van der Waals surface area contributed by atoms with Gasteiger partial charge in [-0.05, 0) is 30.7 Å². The van der Waals surface area contributed by atoms with Gasteiger partial charge in [0.25, 0.3) is 0 Å². The fraction of sp³-hybridized carbons (Fsp3) is 0.286. The molecule has 0 fully saturated rings. The molecular weight excluding hydrogens is 242 g/mol. The molecule has 0 unspecified atom stereocenters. The number of hydrogen-bond acceptors (Lipinski definition) is 3. The molecule has 1 amide bonds. The summed E-state index contributed by atoms with van der Waals surface area (Å²) in [6, 6.07) is 5.78. The predicted molar refractivity (Wildman–Crippen MR) is 70.2 cm³/mol. The Morgan fingerprint density at radius 1 is 1.53 bits per heavy atom. The summed E-state index contributed by atoms with van der Waals surface area (Å²) >= 11 is 0. The predicted octanol–water partition coefficient (Wildman–Crippen LogP) is 1.62. The summed E-state index contributed by atoms with van der Waals surface area (Å²) in [4.78, 5) is 11.8. The molecule has 0 spiro atoms. The molecule has 2 aromatic rings. The maximum atomic E-state index is 11.8. The van der Waals surface area contributed by atoms with E-state index in [0.29, 0.717) is 5.76 Å². The summed E-state index contributed by atoms with van der Waals surface area (Å²) in [6.45, 7) is 0.856. The second-order valence-electron chi connectivity index (χ2n) is 4.59. The van der Waals surface area contributed by atoms with Gasteiger partial charge in [0.1, 0.15) is 5.76 Å². The van der Waals surface area contributed by atoms with Gasteiger partial charge in [0.15, 0.2) is 0 Å². The first kappa shape index (κ1) is 11.8. The molecule has 19 heavy (non-hydrogen) atoms. The highest BCUT2D eigenvalue weighted by molar-refractivity contribution is 5.91. The lowest BCUT2D eigenvalue weighted by atomic mass is 10.0. The van der Waals surface area contributed by atoms with Crippen molar-refractivity contribution in [2.45, 2.75) is 25.4 Å². The van der Waals surface area contributed by atoms with Crippen molar-refractivity contribution >= 4 is 12.0 Å². The molecule has 0 aliphatic carbocycles. The van der Waals surface area contributed by atoms with Gasteiger partial charge in [-0.1, -0.05) is 0 Å². The van der Waals surface area contributed by atoms with Crippen LogP contribution in [0.5, 0.6) is 0 Å². The van der Waals surface area contributed by atoms with Crippen LogP contribution < -0.4 is 5.32 Å². The maximum absolute atomic E-state index is 11.8. The van der Waals surface area contributed by atoms with Crippen LogP contribution in [-0.4, -0.2) is 21.7 Å². The van der Waals surface area contributed by atoms with Crippen molar-refractivity contribution in [3.63, 3.8) is 0 Å². The first-order valence-corrected chi connectivity index (χ1v) is 6.34. The molecule has 0 saturated heterocycles. The largest absolute Gasteiger partial charge is 0.465 e. The van der Waals surface area contributed by atoms with Gasteiger partial charge in [-0.15, -0.1) is 0 Å². The first-order valence-electron chi connectivity index (χ1n) is 6.34. The molecule has 1 aliphatic heterocycles. The lowest BCUT2D eigenvalue weighted by Gasteiger charge is -2.23. The second kappa shape index (κ2) is 5.14. The Labute approximate surface area is 110 Å². The van der Waals surface area contributed by atoms with Crippen molar-refractivity contribution in [1.29, 1.82) is 0 Å². The highest BCUT2D eigenvalue weighted by Crippen LogP contribution is 2.13. The smallest absolute Gasteiger partial charge is 0.244 e. The van der Waals surface area contributed by atoms with Crippen molar-refractivity contribution in [1.82, 2.24) is 15.1 Å². The molecule has 5 nitrogen and oxygen atoms in total. The summed E-state index contributed by atoms with van der Waals surface area (Å²) < 4.78 is 7.12. The van der Waals surface area contributed by atoms with E-state index < -0.39 is 0 Å². The van der Waals surface area contributed by atoms with E-state index in [9.17, 15) is 4.79 Å². The van der Waals surface area contributed by atoms with Crippen LogP contribution in [0.15, 0.2) is 41.2 Å². The SMILES string of the molecule is O=C(/C=C/c1ccco1)N[C@@H]1CCn2nccc2C1. The Hall–Kier alpha value is -2.30. The van der Waals surface area contributed by atoms with E-state index >= 15 is 0 Å². The summed E-state index contributed by atoms with van der Waals surface area (Å²) in [5.74, 6) is 0.589. The number of carbonyl (C=O) groups is 1. The lowest BCUT2D eigenvalue weighted by molar-refractivity contribution is -0.117. The van der Waals surface area contributed by atoms with Crippen LogP contribution in [0.2, 0.25) is 0 Å². The van der Waals surface area contributed by atoms with Crippen molar-refractivity contribution in [2.75, 3.05) is 0 Å². The van der Waals surface area contributed by atoms with Gasteiger partial charge in [0.2, 0.25) is 5.91 Å². The number of furan rings is 1. The Kier molecular flexibility index (Phi) is 3.18. The number of nitrogens with zero attached hydrogens (tertiary/aromatic N) is 2. The number of carbonyl (C=O) groups excluding carboxylic acids is 1. The minimum Gasteiger partial charge on any atom is -0.465 e. The average Bonchev–Trinajstić information content (AvgIpc) is 3.07. The fourth-order valence-electron chi connectivity index (χ4n) is 2.28. The maximum Gasteiger partial charge on any atom is 0.244 e. The second-order valence-corrected chi connectivity index (χ2v) is 4.59. The lowest BCUT2D eigenvalue weighted by Crippen LogP contribution is -2.39. The Balaban J connectivity index is 1.56. The van der Waals surface area contributed by atoms with E-state index in [0.717, 1.165) is 19.4 Å². The van der Waals surface area contributed by atoms with Gasteiger partial charge in [-0.3, -0.25) is 9.48 Å². The van der Waals surface area contributed by atoms with Gasteiger partial charge in [0, 0.05) is 37.0 Å². The standard InChI is InChI=1S/C14H15N3O2/c18-14(4-3-13-2-1-9-19-13)16-11-6-8-17-12(10-11)5-7-15-17/h1-5,7,9,11H,6,8,10H2,(H,16,18)/b4-3+/t11-/m1/s1. The van der Waals surface area contributed by atoms with E-state index in [-0.39, 0.29) is 11.9 Å². The van der Waals surface area contributed by atoms with Crippen molar-refractivity contribution in [2.24, 2.45) is 0 Å².